The van der Waals surface area contributed by atoms with E-state index in [0.29, 0.717) is 18.9 Å². The van der Waals surface area contributed by atoms with Gasteiger partial charge in [-0.25, -0.2) is 0 Å². The topological polar surface area (TPSA) is 66.4 Å². The molecule has 0 atom stereocenters. The van der Waals surface area contributed by atoms with Crippen LogP contribution in [0.5, 0.6) is 0 Å². The molecule has 4 heteroatoms. The fraction of sp³-hybridized carbons (Fsp3) is 0.857. The lowest BCUT2D eigenvalue weighted by molar-refractivity contribution is -0.137. The van der Waals surface area contributed by atoms with Crippen LogP contribution < -0.4 is 5.32 Å². The Bertz CT molecular complexity index is 272. The third-order valence-corrected chi connectivity index (χ3v) is 2.89. The van der Waals surface area contributed by atoms with Crippen molar-refractivity contribution in [3.63, 3.8) is 0 Å². The van der Waals surface area contributed by atoms with E-state index in [0.717, 1.165) is 19.3 Å². The Balaban J connectivity index is 3.73. The summed E-state index contributed by atoms with van der Waals surface area (Å²) in [6, 6.07) is 0. The second-order valence-corrected chi connectivity index (χ2v) is 5.94. The second-order valence-electron chi connectivity index (χ2n) is 5.94. The van der Waals surface area contributed by atoms with E-state index in [2.05, 4.69) is 19.2 Å². The quantitative estimate of drug-likeness (QED) is 0.624. The Kier molecular flexibility index (Phi) is 7.64. The molecule has 4 nitrogen and oxygen atoms in total. The van der Waals surface area contributed by atoms with Crippen LogP contribution in [0.15, 0.2) is 0 Å². The van der Waals surface area contributed by atoms with E-state index in [4.69, 9.17) is 5.11 Å². The molecule has 0 bridgehead atoms. The number of nitrogens with one attached hydrogen (secondary N) is 1. The minimum atomic E-state index is -0.753. The summed E-state index contributed by atoms with van der Waals surface area (Å²) in [7, 11) is 0. The number of hydrogen-bond donors (Lipinski definition) is 2. The van der Waals surface area contributed by atoms with Crippen molar-refractivity contribution in [2.24, 2.45) is 11.3 Å². The van der Waals surface area contributed by atoms with Crippen LogP contribution in [-0.2, 0) is 9.59 Å². The van der Waals surface area contributed by atoms with Gasteiger partial charge in [-0.15, -0.1) is 0 Å². The van der Waals surface area contributed by atoms with Crippen molar-refractivity contribution in [2.75, 3.05) is 6.54 Å². The van der Waals surface area contributed by atoms with Crippen LogP contribution >= 0.6 is 0 Å². The summed E-state index contributed by atoms with van der Waals surface area (Å²) in [6.45, 7) is 8.79. The first-order chi connectivity index (χ1) is 8.25. The fourth-order valence-electron chi connectivity index (χ4n) is 2.13. The van der Waals surface area contributed by atoms with Gasteiger partial charge < -0.3 is 10.4 Å². The molecule has 0 aliphatic rings. The van der Waals surface area contributed by atoms with Crippen LogP contribution in [0.3, 0.4) is 0 Å². The van der Waals surface area contributed by atoms with Crippen molar-refractivity contribution in [1.29, 1.82) is 0 Å². The first-order valence-electron chi connectivity index (χ1n) is 6.76. The first kappa shape index (κ1) is 16.9. The van der Waals surface area contributed by atoms with E-state index in [1.54, 1.807) is 0 Å². The summed E-state index contributed by atoms with van der Waals surface area (Å²) < 4.78 is 0. The molecule has 0 fully saturated rings. The van der Waals surface area contributed by atoms with Gasteiger partial charge in [0, 0.05) is 18.4 Å². The lowest BCUT2D eigenvalue weighted by Gasteiger charge is -2.25. The third kappa shape index (κ3) is 8.09. The van der Waals surface area contributed by atoms with Gasteiger partial charge in [0.15, 0.2) is 0 Å². The monoisotopic (exact) mass is 257 g/mol. The molecule has 0 saturated carbocycles. The molecule has 0 aromatic carbocycles. The van der Waals surface area contributed by atoms with Gasteiger partial charge in [0.25, 0.3) is 0 Å². The Hall–Kier alpha value is -1.06. The lowest BCUT2D eigenvalue weighted by atomic mass is 9.83. The van der Waals surface area contributed by atoms with Crippen LogP contribution in [0.4, 0.5) is 0 Å². The summed E-state index contributed by atoms with van der Waals surface area (Å²) in [4.78, 5) is 22.2. The predicted molar refractivity (Wildman–Crippen MR) is 72.3 cm³/mol. The Morgan fingerprint density at radius 1 is 1.17 bits per heavy atom. The average molecular weight is 257 g/mol. The number of carboxylic acids is 1. The molecule has 0 spiro atoms. The first-order valence-corrected chi connectivity index (χ1v) is 6.76. The van der Waals surface area contributed by atoms with Crippen molar-refractivity contribution in [2.45, 2.75) is 59.8 Å². The molecule has 0 heterocycles. The minimum Gasteiger partial charge on any atom is -0.481 e. The number of rotatable bonds is 9. The highest BCUT2D eigenvalue weighted by Gasteiger charge is 2.27. The molecule has 0 rings (SSSR count). The summed E-state index contributed by atoms with van der Waals surface area (Å²) in [6.07, 6.45) is 3.46. The van der Waals surface area contributed by atoms with Crippen LogP contribution in [-0.4, -0.2) is 23.5 Å². The van der Waals surface area contributed by atoms with E-state index < -0.39 is 5.97 Å². The number of aliphatic carboxylic acids is 1. The zero-order valence-corrected chi connectivity index (χ0v) is 12.1. The third-order valence-electron chi connectivity index (χ3n) is 2.89. The molecular formula is C14H27NO3. The Morgan fingerprint density at radius 2 is 1.78 bits per heavy atom. The summed E-state index contributed by atoms with van der Waals surface area (Å²) >= 11 is 0. The van der Waals surface area contributed by atoms with Gasteiger partial charge >= 0.3 is 5.97 Å². The number of amides is 1. The van der Waals surface area contributed by atoms with Crippen LogP contribution in [0.1, 0.15) is 59.8 Å². The van der Waals surface area contributed by atoms with Gasteiger partial charge in [0.2, 0.25) is 5.91 Å². The number of carbonyl (C=O) groups is 2. The molecule has 106 valence electrons. The molecule has 1 amide bonds. The van der Waals surface area contributed by atoms with Crippen molar-refractivity contribution >= 4 is 11.9 Å². The molecule has 0 aromatic rings. The molecule has 0 radical (unpaired) electrons. The van der Waals surface area contributed by atoms with E-state index >= 15 is 0 Å². The fourth-order valence-corrected chi connectivity index (χ4v) is 2.13. The van der Waals surface area contributed by atoms with Gasteiger partial charge in [0.05, 0.1) is 0 Å². The maximum atomic E-state index is 11.9. The summed E-state index contributed by atoms with van der Waals surface area (Å²) in [5.74, 6) is -0.159. The van der Waals surface area contributed by atoms with Gasteiger partial charge in [-0.1, -0.05) is 34.1 Å². The number of unbranched alkanes of at least 4 members (excludes halogenated alkanes) is 2. The van der Waals surface area contributed by atoms with Crippen LogP contribution in [0.2, 0.25) is 0 Å². The number of carboxylic acid groups (broad SMARTS) is 1. The van der Waals surface area contributed by atoms with Crippen LogP contribution in [0.25, 0.3) is 0 Å². The maximum absolute atomic E-state index is 11.9. The molecule has 0 aromatic heterocycles. The highest BCUT2D eigenvalue weighted by Crippen LogP contribution is 2.25. The molecule has 2 N–H and O–H groups in total. The van der Waals surface area contributed by atoms with E-state index in [-0.39, 0.29) is 17.7 Å². The zero-order chi connectivity index (χ0) is 14.2. The van der Waals surface area contributed by atoms with Crippen molar-refractivity contribution in [3.05, 3.63) is 0 Å². The number of carbonyl (C=O) groups excluding carboxylic acids is 1. The summed E-state index contributed by atoms with van der Waals surface area (Å²) in [5.41, 5.74) is -0.324. The number of hydrogen-bond acceptors (Lipinski definition) is 2. The van der Waals surface area contributed by atoms with E-state index in [9.17, 15) is 9.59 Å². The normalized spacial score (nSPS) is 11.6. The summed E-state index contributed by atoms with van der Waals surface area (Å²) in [5, 5.41) is 11.4. The standard InChI is InChI=1S/C14H27NO3/c1-11(2)10-14(3,4)13(18)15-9-7-5-6-8-12(16)17/h11H,5-10H2,1-4H3,(H,15,18)(H,16,17). The van der Waals surface area contributed by atoms with Gasteiger partial charge in [-0.2, -0.15) is 0 Å². The second kappa shape index (κ2) is 8.11. The Labute approximate surface area is 110 Å². The molecule has 18 heavy (non-hydrogen) atoms. The van der Waals surface area contributed by atoms with E-state index in [1.165, 1.54) is 0 Å². The minimum absolute atomic E-state index is 0.0921. The smallest absolute Gasteiger partial charge is 0.303 e. The SMILES string of the molecule is CC(C)CC(C)(C)C(=O)NCCCCCC(=O)O. The lowest BCUT2D eigenvalue weighted by Crippen LogP contribution is -2.38. The van der Waals surface area contributed by atoms with Crippen LogP contribution in [0, 0.1) is 11.3 Å². The van der Waals surface area contributed by atoms with E-state index in [1.807, 2.05) is 13.8 Å². The molecule has 0 saturated heterocycles. The van der Waals surface area contributed by atoms with Crippen molar-refractivity contribution < 1.29 is 14.7 Å². The average Bonchev–Trinajstić information content (AvgIpc) is 2.20. The predicted octanol–water partition coefficient (Wildman–Crippen LogP) is 2.82. The largest absolute Gasteiger partial charge is 0.481 e. The molecule has 0 unspecified atom stereocenters. The Morgan fingerprint density at radius 3 is 2.28 bits per heavy atom. The maximum Gasteiger partial charge on any atom is 0.303 e. The highest BCUT2D eigenvalue weighted by molar-refractivity contribution is 5.81. The van der Waals surface area contributed by atoms with Crippen molar-refractivity contribution in [3.8, 4) is 0 Å². The molecule has 0 aliphatic heterocycles. The molecule has 0 aliphatic carbocycles. The van der Waals surface area contributed by atoms with Gasteiger partial charge in [0.1, 0.15) is 0 Å². The van der Waals surface area contributed by atoms with Gasteiger partial charge in [-0.05, 0) is 25.2 Å². The molecular weight excluding hydrogens is 230 g/mol. The highest BCUT2D eigenvalue weighted by atomic mass is 16.4. The zero-order valence-electron chi connectivity index (χ0n) is 12.1. The van der Waals surface area contributed by atoms with Crippen molar-refractivity contribution in [1.82, 2.24) is 5.32 Å². The van der Waals surface area contributed by atoms with Gasteiger partial charge in [-0.3, -0.25) is 9.59 Å².